The standard InChI is InChI=1S/C19H19NO5S/c1-13-6-8-15(9-7-13)26(22,23)25-12-19(21)16-4-3-5-18-17(16)10-14(24-2)11-20-18/h3-11,19,21H,12H2,1-2H3. The van der Waals surface area contributed by atoms with Crippen LogP contribution < -0.4 is 4.74 Å². The number of nitrogens with zero attached hydrogens (tertiary/aromatic N) is 1. The number of aryl methyl sites for hydroxylation is 1. The third-order valence-electron chi connectivity index (χ3n) is 4.02. The molecule has 6 nitrogen and oxygen atoms in total. The van der Waals surface area contributed by atoms with E-state index in [0.29, 0.717) is 22.2 Å². The van der Waals surface area contributed by atoms with Crippen LogP contribution in [0.15, 0.2) is 59.6 Å². The van der Waals surface area contributed by atoms with Crippen LogP contribution >= 0.6 is 0 Å². The number of aromatic nitrogens is 1. The van der Waals surface area contributed by atoms with Gasteiger partial charge in [0.15, 0.2) is 0 Å². The second kappa shape index (κ2) is 7.41. The van der Waals surface area contributed by atoms with E-state index < -0.39 is 22.8 Å². The van der Waals surface area contributed by atoms with E-state index >= 15 is 0 Å². The minimum atomic E-state index is -3.95. The van der Waals surface area contributed by atoms with Crippen molar-refractivity contribution in [2.75, 3.05) is 13.7 Å². The van der Waals surface area contributed by atoms with Crippen molar-refractivity contribution in [3.63, 3.8) is 0 Å². The van der Waals surface area contributed by atoms with Crippen LogP contribution in [0.3, 0.4) is 0 Å². The van der Waals surface area contributed by atoms with Crippen molar-refractivity contribution >= 4 is 21.0 Å². The maximum absolute atomic E-state index is 12.3. The first-order valence-electron chi connectivity index (χ1n) is 7.97. The molecule has 1 aromatic heterocycles. The van der Waals surface area contributed by atoms with E-state index in [1.54, 1.807) is 42.6 Å². The van der Waals surface area contributed by atoms with Crippen LogP contribution in [0.25, 0.3) is 10.9 Å². The van der Waals surface area contributed by atoms with Gasteiger partial charge in [-0.3, -0.25) is 9.17 Å². The van der Waals surface area contributed by atoms with Crippen molar-refractivity contribution in [2.45, 2.75) is 17.9 Å². The fourth-order valence-electron chi connectivity index (χ4n) is 2.57. The molecule has 3 rings (SSSR count). The molecule has 2 aromatic carbocycles. The zero-order chi connectivity index (χ0) is 18.7. The molecule has 0 amide bonds. The summed E-state index contributed by atoms with van der Waals surface area (Å²) in [5, 5.41) is 11.2. The van der Waals surface area contributed by atoms with Gasteiger partial charge < -0.3 is 9.84 Å². The number of benzene rings is 2. The molecule has 0 aliphatic heterocycles. The van der Waals surface area contributed by atoms with Gasteiger partial charge >= 0.3 is 0 Å². The molecular weight excluding hydrogens is 354 g/mol. The van der Waals surface area contributed by atoms with Gasteiger partial charge in [0, 0.05) is 5.39 Å². The predicted molar refractivity (Wildman–Crippen MR) is 97.6 cm³/mol. The molecule has 0 saturated heterocycles. The Labute approximate surface area is 152 Å². The predicted octanol–water partition coefficient (Wildman–Crippen LogP) is 2.99. The van der Waals surface area contributed by atoms with E-state index in [4.69, 9.17) is 8.92 Å². The number of hydrogen-bond acceptors (Lipinski definition) is 6. The molecule has 1 N–H and O–H groups in total. The van der Waals surface area contributed by atoms with E-state index in [2.05, 4.69) is 4.98 Å². The largest absolute Gasteiger partial charge is 0.495 e. The Balaban J connectivity index is 1.83. The number of pyridine rings is 1. The second-order valence-electron chi connectivity index (χ2n) is 5.86. The highest BCUT2D eigenvalue weighted by Crippen LogP contribution is 2.27. The lowest BCUT2D eigenvalue weighted by Gasteiger charge is -2.14. The van der Waals surface area contributed by atoms with Crippen LogP contribution in [0.1, 0.15) is 17.2 Å². The second-order valence-corrected chi connectivity index (χ2v) is 7.47. The summed E-state index contributed by atoms with van der Waals surface area (Å²) in [4.78, 5) is 4.32. The van der Waals surface area contributed by atoms with Crippen LogP contribution in [0, 0.1) is 6.92 Å². The molecule has 1 heterocycles. The Morgan fingerprint density at radius 1 is 1.15 bits per heavy atom. The summed E-state index contributed by atoms with van der Waals surface area (Å²) in [7, 11) is -2.42. The van der Waals surface area contributed by atoms with Crippen LogP contribution in [0.5, 0.6) is 5.75 Å². The normalized spacial score (nSPS) is 12.9. The number of rotatable bonds is 6. The van der Waals surface area contributed by atoms with Gasteiger partial charge in [-0.15, -0.1) is 0 Å². The molecule has 1 atom stereocenters. The Hall–Kier alpha value is -2.48. The minimum absolute atomic E-state index is 0.0524. The summed E-state index contributed by atoms with van der Waals surface area (Å²) in [6.07, 6.45) is 0.449. The molecule has 0 spiro atoms. The number of ether oxygens (including phenoxy) is 1. The van der Waals surface area contributed by atoms with Gasteiger partial charge in [0.1, 0.15) is 11.9 Å². The van der Waals surface area contributed by atoms with Crippen LogP contribution in [0.2, 0.25) is 0 Å². The minimum Gasteiger partial charge on any atom is -0.495 e. The summed E-state index contributed by atoms with van der Waals surface area (Å²) in [5.41, 5.74) is 2.14. The van der Waals surface area contributed by atoms with Gasteiger partial charge in [-0.25, -0.2) is 0 Å². The van der Waals surface area contributed by atoms with Gasteiger partial charge in [-0.2, -0.15) is 8.42 Å². The lowest BCUT2D eigenvalue weighted by molar-refractivity contribution is 0.112. The third-order valence-corrected chi connectivity index (χ3v) is 5.32. The van der Waals surface area contributed by atoms with Gasteiger partial charge in [-0.1, -0.05) is 29.8 Å². The average Bonchev–Trinajstić information content (AvgIpc) is 2.65. The van der Waals surface area contributed by atoms with Gasteiger partial charge in [0.05, 0.1) is 30.3 Å². The van der Waals surface area contributed by atoms with E-state index in [9.17, 15) is 13.5 Å². The van der Waals surface area contributed by atoms with E-state index in [0.717, 1.165) is 5.56 Å². The van der Waals surface area contributed by atoms with Gasteiger partial charge in [0.25, 0.3) is 10.1 Å². The Morgan fingerprint density at radius 3 is 2.58 bits per heavy atom. The van der Waals surface area contributed by atoms with E-state index in [1.807, 2.05) is 6.92 Å². The molecule has 0 aliphatic carbocycles. The van der Waals surface area contributed by atoms with Crippen molar-refractivity contribution in [3.05, 3.63) is 65.9 Å². The molecule has 0 aliphatic rings. The molecule has 7 heteroatoms. The summed E-state index contributed by atoms with van der Waals surface area (Å²) >= 11 is 0. The molecule has 1 unspecified atom stereocenters. The molecule has 26 heavy (non-hydrogen) atoms. The first-order valence-corrected chi connectivity index (χ1v) is 9.38. The number of methoxy groups -OCH3 is 1. The van der Waals surface area contributed by atoms with Crippen molar-refractivity contribution in [1.82, 2.24) is 4.98 Å². The Morgan fingerprint density at radius 2 is 1.88 bits per heavy atom. The fourth-order valence-corrected chi connectivity index (χ4v) is 3.49. The highest BCUT2D eigenvalue weighted by molar-refractivity contribution is 7.86. The average molecular weight is 373 g/mol. The highest BCUT2D eigenvalue weighted by Gasteiger charge is 2.19. The molecule has 136 valence electrons. The first kappa shape index (κ1) is 18.3. The van der Waals surface area contributed by atoms with Crippen LogP contribution in [-0.2, 0) is 14.3 Å². The molecular formula is C19H19NO5S. The fraction of sp³-hybridized carbons (Fsp3) is 0.211. The zero-order valence-electron chi connectivity index (χ0n) is 14.4. The number of aliphatic hydroxyl groups excluding tert-OH is 1. The smallest absolute Gasteiger partial charge is 0.297 e. The van der Waals surface area contributed by atoms with Crippen molar-refractivity contribution in [3.8, 4) is 5.75 Å². The van der Waals surface area contributed by atoms with Crippen LogP contribution in [-0.4, -0.2) is 32.2 Å². The Kier molecular flexibility index (Phi) is 5.22. The zero-order valence-corrected chi connectivity index (χ0v) is 15.2. The summed E-state index contributed by atoms with van der Waals surface area (Å²) in [5.74, 6) is 0.547. The van der Waals surface area contributed by atoms with E-state index in [1.165, 1.54) is 19.2 Å². The number of aliphatic hydroxyl groups is 1. The quantitative estimate of drug-likeness (QED) is 0.669. The van der Waals surface area contributed by atoms with Crippen LogP contribution in [0.4, 0.5) is 0 Å². The molecule has 0 radical (unpaired) electrons. The lowest BCUT2D eigenvalue weighted by Crippen LogP contribution is -2.14. The molecule has 0 bridgehead atoms. The molecule has 0 fully saturated rings. The first-order chi connectivity index (χ1) is 12.4. The summed E-state index contributed by atoms with van der Waals surface area (Å²) in [6, 6.07) is 13.3. The van der Waals surface area contributed by atoms with Gasteiger partial charge in [-0.05, 0) is 36.8 Å². The monoisotopic (exact) mass is 373 g/mol. The van der Waals surface area contributed by atoms with Crippen molar-refractivity contribution in [2.24, 2.45) is 0 Å². The van der Waals surface area contributed by atoms with E-state index in [-0.39, 0.29) is 4.90 Å². The van der Waals surface area contributed by atoms with Crippen molar-refractivity contribution < 1.29 is 22.4 Å². The maximum atomic E-state index is 12.3. The number of fused-ring (bicyclic) bond motifs is 1. The third kappa shape index (κ3) is 3.85. The summed E-state index contributed by atoms with van der Waals surface area (Å²) in [6.45, 7) is 1.47. The number of hydrogen-bond donors (Lipinski definition) is 1. The topological polar surface area (TPSA) is 85.7 Å². The summed E-state index contributed by atoms with van der Waals surface area (Å²) < 4.78 is 34.8. The lowest BCUT2D eigenvalue weighted by atomic mass is 10.0. The molecule has 0 saturated carbocycles. The van der Waals surface area contributed by atoms with Gasteiger partial charge in [0.2, 0.25) is 0 Å². The SMILES string of the molecule is COc1cnc2cccc(C(O)COS(=O)(=O)c3ccc(C)cc3)c2c1. The maximum Gasteiger partial charge on any atom is 0.297 e. The highest BCUT2D eigenvalue weighted by atomic mass is 32.2. The van der Waals surface area contributed by atoms with Crippen molar-refractivity contribution in [1.29, 1.82) is 0 Å². The molecule has 3 aromatic rings. The Bertz CT molecular complexity index is 1020.